The normalized spacial score (nSPS) is 12.1. The van der Waals surface area contributed by atoms with Crippen LogP contribution in [0.25, 0.3) is 0 Å². The third-order valence-corrected chi connectivity index (χ3v) is 5.03. The van der Waals surface area contributed by atoms with Crippen molar-refractivity contribution in [1.82, 2.24) is 5.32 Å². The fourth-order valence-electron chi connectivity index (χ4n) is 2.42. The quantitative estimate of drug-likeness (QED) is 0.524. The fourth-order valence-corrected chi connectivity index (χ4v) is 3.05. The van der Waals surface area contributed by atoms with E-state index in [1.807, 2.05) is 0 Å². The Morgan fingerprint density at radius 1 is 1.21 bits per heavy atom. The number of nitro groups is 1. The lowest BCUT2D eigenvalue weighted by atomic mass is 10.1. The van der Waals surface area contributed by atoms with E-state index in [4.69, 9.17) is 9.47 Å². The van der Waals surface area contributed by atoms with Gasteiger partial charge in [-0.05, 0) is 30.7 Å². The molecule has 0 spiro atoms. The van der Waals surface area contributed by atoms with E-state index >= 15 is 0 Å². The number of nitrogens with one attached hydrogen (secondary N) is 1. The van der Waals surface area contributed by atoms with E-state index in [1.54, 1.807) is 19.1 Å². The molecule has 0 aromatic heterocycles. The molecule has 2 aromatic carbocycles. The molecule has 1 atom stereocenters. The summed E-state index contributed by atoms with van der Waals surface area (Å²) in [6.45, 7) is 1.45. The van der Waals surface area contributed by atoms with Gasteiger partial charge in [0.15, 0.2) is 16.4 Å². The van der Waals surface area contributed by atoms with Crippen LogP contribution in [0.3, 0.4) is 0 Å². The van der Waals surface area contributed by atoms with Crippen molar-refractivity contribution in [2.45, 2.75) is 17.9 Å². The van der Waals surface area contributed by atoms with Crippen molar-refractivity contribution in [3.8, 4) is 11.5 Å². The Balaban J connectivity index is 1.96. The van der Waals surface area contributed by atoms with Crippen molar-refractivity contribution in [3.05, 3.63) is 58.1 Å². The van der Waals surface area contributed by atoms with Gasteiger partial charge >= 0.3 is 5.69 Å². The summed E-state index contributed by atoms with van der Waals surface area (Å²) in [6.07, 6.45) is 1.12. The molecular weight excluding hydrogens is 388 g/mol. The largest absolute Gasteiger partial charge is 0.490 e. The molecule has 9 nitrogen and oxygen atoms in total. The van der Waals surface area contributed by atoms with Crippen molar-refractivity contribution < 1.29 is 27.6 Å². The lowest BCUT2D eigenvalue weighted by Gasteiger charge is -2.15. The molecule has 28 heavy (non-hydrogen) atoms. The van der Waals surface area contributed by atoms with Gasteiger partial charge in [0.25, 0.3) is 5.91 Å². The van der Waals surface area contributed by atoms with Gasteiger partial charge in [-0.2, -0.15) is 0 Å². The van der Waals surface area contributed by atoms with Crippen molar-refractivity contribution in [2.75, 3.05) is 20.0 Å². The van der Waals surface area contributed by atoms with Crippen molar-refractivity contribution in [2.24, 2.45) is 0 Å². The number of ether oxygens (including phenoxy) is 2. The smallest absolute Gasteiger partial charge is 0.311 e. The third kappa shape index (κ3) is 5.43. The minimum Gasteiger partial charge on any atom is -0.490 e. The number of hydrogen-bond donors (Lipinski definition) is 1. The van der Waals surface area contributed by atoms with Gasteiger partial charge in [0.1, 0.15) is 5.75 Å². The van der Waals surface area contributed by atoms with Gasteiger partial charge in [0.05, 0.1) is 23.0 Å². The molecule has 1 N–H and O–H groups in total. The Labute approximate surface area is 162 Å². The van der Waals surface area contributed by atoms with Crippen LogP contribution in [0.15, 0.2) is 47.4 Å². The first-order valence-corrected chi connectivity index (χ1v) is 10.1. The van der Waals surface area contributed by atoms with Crippen LogP contribution in [0.4, 0.5) is 5.69 Å². The highest BCUT2D eigenvalue weighted by molar-refractivity contribution is 7.90. The molecule has 2 aromatic rings. The van der Waals surface area contributed by atoms with Gasteiger partial charge in [0, 0.05) is 18.4 Å². The van der Waals surface area contributed by atoms with E-state index in [2.05, 4.69) is 5.32 Å². The maximum absolute atomic E-state index is 12.1. The highest BCUT2D eigenvalue weighted by Crippen LogP contribution is 2.30. The number of rotatable bonds is 8. The molecule has 0 aliphatic rings. The number of benzene rings is 2. The Bertz CT molecular complexity index is 972. The molecule has 0 aliphatic carbocycles. The molecule has 10 heteroatoms. The predicted octanol–water partition coefficient (Wildman–Crippen LogP) is 2.26. The first-order valence-electron chi connectivity index (χ1n) is 8.16. The summed E-state index contributed by atoms with van der Waals surface area (Å²) in [6, 6.07) is 9.79. The second-order valence-electron chi connectivity index (χ2n) is 6.01. The number of methoxy groups -OCH3 is 1. The van der Waals surface area contributed by atoms with Crippen LogP contribution in [0.5, 0.6) is 11.5 Å². The first-order chi connectivity index (χ1) is 13.1. The Morgan fingerprint density at radius 2 is 1.86 bits per heavy atom. The number of sulfone groups is 1. The van der Waals surface area contributed by atoms with E-state index in [9.17, 15) is 23.3 Å². The number of nitro benzene ring substituents is 1. The molecule has 0 radical (unpaired) electrons. The number of amides is 1. The number of nitrogens with zero attached hydrogens (tertiary/aromatic N) is 1. The molecule has 2 rings (SSSR count). The minimum absolute atomic E-state index is 0.0299. The molecular formula is C18H20N2O7S. The van der Waals surface area contributed by atoms with E-state index in [1.165, 1.54) is 37.4 Å². The first kappa shape index (κ1) is 21.2. The van der Waals surface area contributed by atoms with E-state index < -0.39 is 20.7 Å². The zero-order valence-electron chi connectivity index (χ0n) is 15.5. The number of carbonyl (C=O) groups excluding carboxylic acids is 1. The van der Waals surface area contributed by atoms with E-state index in [0.717, 1.165) is 11.8 Å². The summed E-state index contributed by atoms with van der Waals surface area (Å²) in [5.74, 6) is -0.123. The van der Waals surface area contributed by atoms with Gasteiger partial charge in [-0.25, -0.2) is 8.42 Å². The summed E-state index contributed by atoms with van der Waals surface area (Å²) in [4.78, 5) is 22.6. The highest BCUT2D eigenvalue weighted by atomic mass is 32.2. The average Bonchev–Trinajstić information content (AvgIpc) is 2.65. The maximum Gasteiger partial charge on any atom is 0.311 e. The Kier molecular flexibility index (Phi) is 6.57. The third-order valence-electron chi connectivity index (χ3n) is 3.90. The number of hydrogen-bond acceptors (Lipinski definition) is 7. The lowest BCUT2D eigenvalue weighted by molar-refractivity contribution is -0.385. The van der Waals surface area contributed by atoms with Gasteiger partial charge < -0.3 is 14.8 Å². The fraction of sp³-hybridized carbons (Fsp3) is 0.278. The monoisotopic (exact) mass is 408 g/mol. The van der Waals surface area contributed by atoms with Crippen molar-refractivity contribution in [1.29, 1.82) is 0 Å². The molecule has 1 amide bonds. The predicted molar refractivity (Wildman–Crippen MR) is 101 cm³/mol. The topological polar surface area (TPSA) is 125 Å². The second kappa shape index (κ2) is 8.70. The van der Waals surface area contributed by atoms with Crippen LogP contribution in [0.1, 0.15) is 18.5 Å². The Morgan fingerprint density at radius 3 is 2.39 bits per heavy atom. The van der Waals surface area contributed by atoms with Crippen molar-refractivity contribution in [3.63, 3.8) is 0 Å². The summed E-state index contributed by atoms with van der Waals surface area (Å²) in [5, 5.41) is 13.6. The average molecular weight is 408 g/mol. The van der Waals surface area contributed by atoms with Gasteiger partial charge in [-0.3, -0.25) is 14.9 Å². The zero-order valence-corrected chi connectivity index (χ0v) is 16.4. The molecule has 150 valence electrons. The molecule has 0 saturated carbocycles. The molecule has 0 aliphatic heterocycles. The van der Waals surface area contributed by atoms with Crippen LogP contribution in [0.2, 0.25) is 0 Å². The van der Waals surface area contributed by atoms with Gasteiger partial charge in [-0.15, -0.1) is 0 Å². The summed E-state index contributed by atoms with van der Waals surface area (Å²) in [5.41, 5.74) is 0.531. The molecule has 1 unspecified atom stereocenters. The standard InChI is InChI=1S/C18H20N2O7S/c1-12(13-4-7-15(8-5-13)28(3,24)25)19-18(21)11-27-14-6-9-16(20(22)23)17(10-14)26-2/h4-10,12H,11H2,1-3H3,(H,19,21). The van der Waals surface area contributed by atoms with Crippen LogP contribution >= 0.6 is 0 Å². The summed E-state index contributed by atoms with van der Waals surface area (Å²) >= 11 is 0. The molecule has 0 saturated heterocycles. The van der Waals surface area contributed by atoms with Gasteiger partial charge in [0.2, 0.25) is 5.75 Å². The number of carbonyl (C=O) groups is 1. The van der Waals surface area contributed by atoms with Crippen LogP contribution in [-0.4, -0.2) is 39.2 Å². The van der Waals surface area contributed by atoms with E-state index in [-0.39, 0.29) is 34.7 Å². The molecule has 0 bridgehead atoms. The highest BCUT2D eigenvalue weighted by Gasteiger charge is 2.16. The second-order valence-corrected chi connectivity index (χ2v) is 8.03. The van der Waals surface area contributed by atoms with E-state index in [0.29, 0.717) is 0 Å². The van der Waals surface area contributed by atoms with Gasteiger partial charge in [-0.1, -0.05) is 12.1 Å². The molecule has 0 heterocycles. The van der Waals surface area contributed by atoms with Crippen LogP contribution in [-0.2, 0) is 14.6 Å². The minimum atomic E-state index is -3.28. The summed E-state index contributed by atoms with van der Waals surface area (Å²) in [7, 11) is -1.98. The Hall–Kier alpha value is -3.14. The van der Waals surface area contributed by atoms with Crippen molar-refractivity contribution >= 4 is 21.4 Å². The SMILES string of the molecule is COc1cc(OCC(=O)NC(C)c2ccc(S(C)(=O)=O)cc2)ccc1[N+](=O)[O-]. The summed E-state index contributed by atoms with van der Waals surface area (Å²) < 4.78 is 33.3. The van der Waals surface area contributed by atoms with Crippen LogP contribution in [0, 0.1) is 10.1 Å². The van der Waals surface area contributed by atoms with Crippen LogP contribution < -0.4 is 14.8 Å². The molecule has 0 fully saturated rings. The zero-order chi connectivity index (χ0) is 20.9. The maximum atomic E-state index is 12.1. The lowest BCUT2D eigenvalue weighted by Crippen LogP contribution is -2.31.